The van der Waals surface area contributed by atoms with Crippen LogP contribution in [0.25, 0.3) is 0 Å². The van der Waals surface area contributed by atoms with Crippen LogP contribution in [0.15, 0.2) is 22.8 Å². The van der Waals surface area contributed by atoms with Gasteiger partial charge in [-0.2, -0.15) is 0 Å². The molecule has 1 N–H and O–H groups in total. The Kier molecular flexibility index (Phi) is 7.17. The Bertz CT molecular complexity index is 309. The minimum Gasteiger partial charge on any atom is -0.468 e. The predicted molar refractivity (Wildman–Crippen MR) is 81.2 cm³/mol. The van der Waals surface area contributed by atoms with Crippen molar-refractivity contribution in [1.29, 1.82) is 0 Å². The number of nitrogens with zero attached hydrogens (tertiary/aromatic N) is 1. The summed E-state index contributed by atoms with van der Waals surface area (Å²) in [4.78, 5) is 2.55. The molecule has 0 spiro atoms. The van der Waals surface area contributed by atoms with Gasteiger partial charge in [0.15, 0.2) is 0 Å². The van der Waals surface area contributed by atoms with E-state index in [1.807, 2.05) is 12.1 Å². The molecule has 19 heavy (non-hydrogen) atoms. The first kappa shape index (κ1) is 16.3. The first-order valence-electron chi connectivity index (χ1n) is 7.48. The van der Waals surface area contributed by atoms with Gasteiger partial charge in [0.05, 0.1) is 12.3 Å². The average Bonchev–Trinajstić information content (AvgIpc) is 2.80. The van der Waals surface area contributed by atoms with E-state index < -0.39 is 0 Å². The number of rotatable bonds is 9. The topological polar surface area (TPSA) is 28.4 Å². The second-order valence-corrected chi connectivity index (χ2v) is 6.24. The Morgan fingerprint density at radius 2 is 1.74 bits per heavy atom. The van der Waals surface area contributed by atoms with Crippen LogP contribution in [-0.4, -0.2) is 31.1 Å². The largest absolute Gasteiger partial charge is 0.468 e. The maximum Gasteiger partial charge on any atom is 0.120 e. The molecule has 1 aromatic heterocycles. The van der Waals surface area contributed by atoms with E-state index in [0.717, 1.165) is 30.7 Å². The third kappa shape index (κ3) is 6.79. The first-order chi connectivity index (χ1) is 8.99. The van der Waals surface area contributed by atoms with E-state index in [1.54, 1.807) is 6.26 Å². The highest BCUT2D eigenvalue weighted by molar-refractivity contribution is 5.02. The van der Waals surface area contributed by atoms with Crippen LogP contribution in [0.5, 0.6) is 0 Å². The maximum absolute atomic E-state index is 5.41. The third-order valence-electron chi connectivity index (χ3n) is 3.10. The zero-order chi connectivity index (χ0) is 14.3. The molecule has 1 heterocycles. The smallest absolute Gasteiger partial charge is 0.120 e. The molecule has 0 fully saturated rings. The molecule has 0 saturated heterocycles. The lowest BCUT2D eigenvalue weighted by molar-refractivity contribution is 0.216. The van der Waals surface area contributed by atoms with Gasteiger partial charge in [0, 0.05) is 26.2 Å². The fraction of sp³-hybridized carbons (Fsp3) is 0.750. The molecule has 0 saturated carbocycles. The average molecular weight is 266 g/mol. The summed E-state index contributed by atoms with van der Waals surface area (Å²) in [6.07, 6.45) is 1.73. The quantitative estimate of drug-likeness (QED) is 0.741. The minimum absolute atomic E-state index is 0.287. The molecule has 3 heteroatoms. The van der Waals surface area contributed by atoms with Crippen LogP contribution < -0.4 is 5.32 Å². The van der Waals surface area contributed by atoms with Gasteiger partial charge in [-0.25, -0.2) is 0 Å². The third-order valence-corrected chi connectivity index (χ3v) is 3.10. The molecule has 0 radical (unpaired) electrons. The molecule has 1 atom stereocenters. The van der Waals surface area contributed by atoms with Crippen molar-refractivity contribution in [3.05, 3.63) is 24.2 Å². The van der Waals surface area contributed by atoms with Crippen molar-refractivity contribution in [2.75, 3.05) is 26.2 Å². The summed E-state index contributed by atoms with van der Waals surface area (Å²) in [5.74, 6) is 2.46. The second-order valence-electron chi connectivity index (χ2n) is 6.24. The van der Waals surface area contributed by atoms with E-state index in [4.69, 9.17) is 4.42 Å². The highest BCUT2D eigenvalue weighted by atomic mass is 16.3. The van der Waals surface area contributed by atoms with Crippen LogP contribution in [0.4, 0.5) is 0 Å². The van der Waals surface area contributed by atoms with Gasteiger partial charge in [0.1, 0.15) is 5.76 Å². The van der Waals surface area contributed by atoms with E-state index in [-0.39, 0.29) is 6.04 Å². The molecule has 0 aromatic carbocycles. The van der Waals surface area contributed by atoms with Crippen LogP contribution in [-0.2, 0) is 0 Å². The highest BCUT2D eigenvalue weighted by Crippen LogP contribution is 2.11. The summed E-state index contributed by atoms with van der Waals surface area (Å²) < 4.78 is 5.41. The zero-order valence-corrected chi connectivity index (χ0v) is 13.1. The molecule has 0 aliphatic rings. The standard InChI is InChI=1S/C16H30N2O/c1-13(2)11-18(12-14(3)4)9-8-17-15(5)16-7-6-10-19-16/h6-7,10,13-15,17H,8-9,11-12H2,1-5H3. The van der Waals surface area contributed by atoms with Crippen molar-refractivity contribution in [2.24, 2.45) is 11.8 Å². The van der Waals surface area contributed by atoms with E-state index in [1.165, 1.54) is 13.1 Å². The Morgan fingerprint density at radius 3 is 2.21 bits per heavy atom. The number of nitrogens with one attached hydrogen (secondary N) is 1. The summed E-state index contributed by atoms with van der Waals surface area (Å²) in [7, 11) is 0. The van der Waals surface area contributed by atoms with Gasteiger partial charge in [-0.3, -0.25) is 0 Å². The lowest BCUT2D eigenvalue weighted by Crippen LogP contribution is -2.37. The predicted octanol–water partition coefficient (Wildman–Crippen LogP) is 3.54. The summed E-state index contributed by atoms with van der Waals surface area (Å²) in [6, 6.07) is 4.25. The molecule has 1 unspecified atom stereocenters. The Balaban J connectivity index is 2.30. The van der Waals surface area contributed by atoms with Crippen molar-refractivity contribution in [3.8, 4) is 0 Å². The highest BCUT2D eigenvalue weighted by Gasteiger charge is 2.11. The van der Waals surface area contributed by atoms with Crippen molar-refractivity contribution in [2.45, 2.75) is 40.7 Å². The Hall–Kier alpha value is -0.800. The van der Waals surface area contributed by atoms with E-state index in [0.29, 0.717) is 0 Å². The molecule has 1 aromatic rings. The number of hydrogen-bond donors (Lipinski definition) is 1. The van der Waals surface area contributed by atoms with Crippen LogP contribution in [0.1, 0.15) is 46.4 Å². The van der Waals surface area contributed by atoms with Crippen LogP contribution >= 0.6 is 0 Å². The van der Waals surface area contributed by atoms with E-state index in [9.17, 15) is 0 Å². The first-order valence-corrected chi connectivity index (χ1v) is 7.48. The molecule has 0 bridgehead atoms. The van der Waals surface area contributed by atoms with Gasteiger partial charge < -0.3 is 14.6 Å². The van der Waals surface area contributed by atoms with Crippen molar-refractivity contribution in [1.82, 2.24) is 10.2 Å². The molecule has 0 amide bonds. The normalized spacial score (nSPS) is 13.7. The molecular formula is C16H30N2O. The lowest BCUT2D eigenvalue weighted by Gasteiger charge is -2.26. The Labute approximate surface area is 118 Å². The van der Waals surface area contributed by atoms with Crippen LogP contribution in [0, 0.1) is 11.8 Å². The van der Waals surface area contributed by atoms with Crippen molar-refractivity contribution in [3.63, 3.8) is 0 Å². The molecule has 110 valence electrons. The molecule has 0 aliphatic carbocycles. The lowest BCUT2D eigenvalue weighted by atomic mass is 10.1. The molecule has 0 aliphatic heterocycles. The van der Waals surface area contributed by atoms with E-state index in [2.05, 4.69) is 44.8 Å². The second kappa shape index (κ2) is 8.39. The van der Waals surface area contributed by atoms with E-state index >= 15 is 0 Å². The van der Waals surface area contributed by atoms with Crippen molar-refractivity contribution >= 4 is 0 Å². The maximum atomic E-state index is 5.41. The van der Waals surface area contributed by atoms with Gasteiger partial charge in [0.2, 0.25) is 0 Å². The van der Waals surface area contributed by atoms with Gasteiger partial charge >= 0.3 is 0 Å². The fourth-order valence-corrected chi connectivity index (χ4v) is 2.37. The van der Waals surface area contributed by atoms with Crippen LogP contribution in [0.2, 0.25) is 0 Å². The Morgan fingerprint density at radius 1 is 1.11 bits per heavy atom. The van der Waals surface area contributed by atoms with Gasteiger partial charge in [-0.15, -0.1) is 0 Å². The van der Waals surface area contributed by atoms with Crippen LogP contribution in [0.3, 0.4) is 0 Å². The fourth-order valence-electron chi connectivity index (χ4n) is 2.37. The SMILES string of the molecule is CC(C)CN(CCNC(C)c1ccco1)CC(C)C. The monoisotopic (exact) mass is 266 g/mol. The summed E-state index contributed by atoms with van der Waals surface area (Å²) in [6.45, 7) is 15.7. The summed E-state index contributed by atoms with van der Waals surface area (Å²) >= 11 is 0. The molecular weight excluding hydrogens is 236 g/mol. The van der Waals surface area contributed by atoms with Gasteiger partial charge in [0.25, 0.3) is 0 Å². The zero-order valence-electron chi connectivity index (χ0n) is 13.1. The van der Waals surface area contributed by atoms with Gasteiger partial charge in [-0.1, -0.05) is 27.7 Å². The molecule has 3 nitrogen and oxygen atoms in total. The van der Waals surface area contributed by atoms with Gasteiger partial charge in [-0.05, 0) is 30.9 Å². The number of hydrogen-bond acceptors (Lipinski definition) is 3. The number of furan rings is 1. The minimum atomic E-state index is 0.287. The summed E-state index contributed by atoms with van der Waals surface area (Å²) in [5, 5.41) is 3.53. The molecule has 1 rings (SSSR count). The van der Waals surface area contributed by atoms with Crippen molar-refractivity contribution < 1.29 is 4.42 Å². The summed E-state index contributed by atoms with van der Waals surface area (Å²) in [5.41, 5.74) is 0.